The average molecular weight is 416 g/mol. The third-order valence-electron chi connectivity index (χ3n) is 5.73. The summed E-state index contributed by atoms with van der Waals surface area (Å²) >= 11 is 0. The van der Waals surface area contributed by atoms with Gasteiger partial charge in [-0.2, -0.15) is 0 Å². The number of aryl methyl sites for hydroxylation is 1. The van der Waals surface area contributed by atoms with E-state index in [0.29, 0.717) is 34.3 Å². The number of carbonyl (C=O) groups is 2. The summed E-state index contributed by atoms with van der Waals surface area (Å²) in [7, 11) is 1.88. The first-order chi connectivity index (χ1) is 15.1. The van der Waals surface area contributed by atoms with E-state index in [1.54, 1.807) is 12.3 Å². The lowest BCUT2D eigenvalue weighted by molar-refractivity contribution is -0.122. The molecular formula is C24H21FN4O2. The first kappa shape index (κ1) is 19.3. The van der Waals surface area contributed by atoms with Gasteiger partial charge >= 0.3 is 0 Å². The van der Waals surface area contributed by atoms with Gasteiger partial charge in [0.2, 0.25) is 0 Å². The quantitative estimate of drug-likeness (QED) is 0.333. The Bertz CT molecular complexity index is 1380. The van der Waals surface area contributed by atoms with Gasteiger partial charge in [0.15, 0.2) is 0 Å². The molecule has 2 aromatic carbocycles. The molecule has 5 rings (SSSR count). The Labute approximate surface area is 177 Å². The topological polar surface area (TPSA) is 78.9 Å². The fourth-order valence-corrected chi connectivity index (χ4v) is 4.32. The van der Waals surface area contributed by atoms with Crippen molar-refractivity contribution >= 4 is 44.8 Å². The minimum Gasteiger partial charge on any atom is -0.361 e. The highest BCUT2D eigenvalue weighted by molar-refractivity contribution is 6.50. The van der Waals surface area contributed by atoms with Crippen LogP contribution in [0.4, 0.5) is 4.39 Å². The van der Waals surface area contributed by atoms with Crippen molar-refractivity contribution in [2.45, 2.75) is 13.0 Å². The van der Waals surface area contributed by atoms with Gasteiger partial charge < -0.3 is 14.9 Å². The number of aromatic amines is 1. The fourth-order valence-electron chi connectivity index (χ4n) is 4.32. The lowest BCUT2D eigenvalue weighted by Gasteiger charge is -2.04. The Balaban J connectivity index is 1.75. The normalized spacial score (nSPS) is 14.3. The molecule has 0 fully saturated rings. The average Bonchev–Trinajstić information content (AvgIpc) is 3.41. The van der Waals surface area contributed by atoms with Crippen molar-refractivity contribution in [1.82, 2.24) is 20.2 Å². The molecule has 0 radical (unpaired) electrons. The van der Waals surface area contributed by atoms with Gasteiger partial charge in [0, 0.05) is 46.4 Å². The summed E-state index contributed by atoms with van der Waals surface area (Å²) in [6.45, 7) is 1.47. The van der Waals surface area contributed by atoms with E-state index in [1.807, 2.05) is 42.1 Å². The molecule has 0 atom stereocenters. The van der Waals surface area contributed by atoms with E-state index in [2.05, 4.69) is 15.6 Å². The van der Waals surface area contributed by atoms with E-state index >= 15 is 0 Å². The summed E-state index contributed by atoms with van der Waals surface area (Å²) in [4.78, 5) is 28.9. The number of halogens is 1. The maximum atomic E-state index is 14.0. The highest BCUT2D eigenvalue weighted by Gasteiger charge is 2.35. The maximum Gasteiger partial charge on any atom is 0.259 e. The molecule has 156 valence electrons. The molecule has 7 heteroatoms. The second kappa shape index (κ2) is 7.52. The zero-order valence-electron chi connectivity index (χ0n) is 17.0. The maximum absolute atomic E-state index is 14.0. The molecule has 2 amide bonds. The molecule has 1 aliphatic rings. The van der Waals surface area contributed by atoms with Crippen LogP contribution < -0.4 is 10.6 Å². The number of nitrogens with zero attached hydrogens (tertiary/aromatic N) is 1. The van der Waals surface area contributed by atoms with Gasteiger partial charge in [-0.15, -0.1) is 0 Å². The first-order valence-electron chi connectivity index (χ1n) is 10.2. The predicted molar refractivity (Wildman–Crippen MR) is 119 cm³/mol. The molecule has 0 saturated carbocycles. The van der Waals surface area contributed by atoms with E-state index in [0.717, 1.165) is 29.3 Å². The Morgan fingerprint density at radius 1 is 1.00 bits per heavy atom. The lowest BCUT2D eigenvalue weighted by Crippen LogP contribution is -2.22. The van der Waals surface area contributed by atoms with Crippen molar-refractivity contribution in [1.29, 1.82) is 0 Å². The van der Waals surface area contributed by atoms with Crippen molar-refractivity contribution in [2.24, 2.45) is 0 Å². The van der Waals surface area contributed by atoms with Crippen molar-refractivity contribution in [3.8, 4) is 0 Å². The SMILES string of the molecule is CNCCCn1cc(C2=C(c3c[nH]c4ccccc34)C(=O)NC2=O)c2ccc(F)cc21. The molecule has 3 heterocycles. The molecule has 0 unspecified atom stereocenters. The molecule has 0 aliphatic carbocycles. The van der Waals surface area contributed by atoms with Crippen LogP contribution in [0.2, 0.25) is 0 Å². The molecule has 31 heavy (non-hydrogen) atoms. The number of imide groups is 1. The van der Waals surface area contributed by atoms with Crippen molar-refractivity contribution in [3.05, 3.63) is 71.8 Å². The van der Waals surface area contributed by atoms with Crippen molar-refractivity contribution < 1.29 is 14.0 Å². The van der Waals surface area contributed by atoms with Crippen LogP contribution in [0.3, 0.4) is 0 Å². The van der Waals surface area contributed by atoms with Gasteiger partial charge in [0.25, 0.3) is 11.8 Å². The molecule has 0 spiro atoms. The smallest absolute Gasteiger partial charge is 0.259 e. The van der Waals surface area contributed by atoms with Crippen molar-refractivity contribution in [2.75, 3.05) is 13.6 Å². The lowest BCUT2D eigenvalue weighted by atomic mass is 9.95. The van der Waals surface area contributed by atoms with Gasteiger partial charge in [-0.05, 0) is 44.3 Å². The van der Waals surface area contributed by atoms with Crippen LogP contribution >= 0.6 is 0 Å². The number of carbonyl (C=O) groups excluding carboxylic acids is 2. The first-order valence-corrected chi connectivity index (χ1v) is 10.2. The highest BCUT2D eigenvalue weighted by atomic mass is 19.1. The molecular weight excluding hydrogens is 395 g/mol. The summed E-state index contributed by atoms with van der Waals surface area (Å²) in [5, 5.41) is 7.16. The third-order valence-corrected chi connectivity index (χ3v) is 5.73. The number of aromatic nitrogens is 2. The summed E-state index contributed by atoms with van der Waals surface area (Å²) in [5.41, 5.74) is 3.53. The number of para-hydroxylation sites is 1. The summed E-state index contributed by atoms with van der Waals surface area (Å²) in [6.07, 6.45) is 4.45. The minimum atomic E-state index is -0.441. The van der Waals surface area contributed by atoms with Crippen LogP contribution in [0.1, 0.15) is 17.5 Å². The van der Waals surface area contributed by atoms with Gasteiger partial charge in [0.1, 0.15) is 5.82 Å². The molecule has 3 N–H and O–H groups in total. The molecule has 1 aliphatic heterocycles. The van der Waals surface area contributed by atoms with Crippen molar-refractivity contribution in [3.63, 3.8) is 0 Å². The number of fused-ring (bicyclic) bond motifs is 2. The van der Waals surface area contributed by atoms with Crippen LogP contribution in [-0.4, -0.2) is 35.0 Å². The zero-order chi connectivity index (χ0) is 21.5. The second-order valence-electron chi connectivity index (χ2n) is 7.64. The largest absolute Gasteiger partial charge is 0.361 e. The fraction of sp³-hybridized carbons (Fsp3) is 0.167. The van der Waals surface area contributed by atoms with E-state index in [9.17, 15) is 14.0 Å². The summed E-state index contributed by atoms with van der Waals surface area (Å²) in [6, 6.07) is 12.2. The number of amides is 2. The number of nitrogens with one attached hydrogen (secondary N) is 3. The highest BCUT2D eigenvalue weighted by Crippen LogP contribution is 2.38. The van der Waals surface area contributed by atoms with E-state index in [1.165, 1.54) is 12.1 Å². The Hall–Kier alpha value is -3.71. The molecule has 0 saturated heterocycles. The van der Waals surface area contributed by atoms with Crippen LogP contribution in [0.5, 0.6) is 0 Å². The number of hydrogen-bond donors (Lipinski definition) is 3. The number of rotatable bonds is 6. The van der Waals surface area contributed by atoms with Gasteiger partial charge in [-0.1, -0.05) is 18.2 Å². The molecule has 4 aromatic rings. The van der Waals surface area contributed by atoms with Crippen LogP contribution in [0, 0.1) is 5.82 Å². The van der Waals surface area contributed by atoms with E-state index in [-0.39, 0.29) is 5.82 Å². The molecule has 2 aromatic heterocycles. The number of hydrogen-bond acceptors (Lipinski definition) is 3. The van der Waals surface area contributed by atoms with Crippen LogP contribution in [0.15, 0.2) is 54.9 Å². The third kappa shape index (κ3) is 3.14. The molecule has 0 bridgehead atoms. The van der Waals surface area contributed by atoms with E-state index in [4.69, 9.17) is 0 Å². The van der Waals surface area contributed by atoms with Gasteiger partial charge in [0.05, 0.1) is 16.7 Å². The Morgan fingerprint density at radius 2 is 1.77 bits per heavy atom. The Kier molecular flexibility index (Phi) is 4.67. The molecule has 6 nitrogen and oxygen atoms in total. The second-order valence-corrected chi connectivity index (χ2v) is 7.64. The summed E-state index contributed by atoms with van der Waals surface area (Å²) in [5.74, 6) is -1.21. The monoisotopic (exact) mass is 416 g/mol. The zero-order valence-corrected chi connectivity index (χ0v) is 17.0. The standard InChI is InChI=1S/C24H21FN4O2/c1-26-9-4-10-29-13-18(16-8-7-14(25)11-20(16)29)22-21(23(30)28-24(22)31)17-12-27-19-6-3-2-5-15(17)19/h2-3,5-8,11-13,26-27H,4,9-10H2,1H3,(H,28,30,31). The summed E-state index contributed by atoms with van der Waals surface area (Å²) < 4.78 is 16.0. The van der Waals surface area contributed by atoms with Gasteiger partial charge in [-0.25, -0.2) is 4.39 Å². The number of benzene rings is 2. The van der Waals surface area contributed by atoms with Gasteiger partial charge in [-0.3, -0.25) is 14.9 Å². The predicted octanol–water partition coefficient (Wildman–Crippen LogP) is 3.44. The number of H-pyrrole nitrogens is 1. The minimum absolute atomic E-state index is 0.318. The Morgan fingerprint density at radius 3 is 2.58 bits per heavy atom. The van der Waals surface area contributed by atoms with E-state index < -0.39 is 11.8 Å². The van der Waals surface area contributed by atoms with Crippen LogP contribution in [-0.2, 0) is 16.1 Å². The van der Waals surface area contributed by atoms with Crippen LogP contribution in [0.25, 0.3) is 33.0 Å².